The highest BCUT2D eigenvalue weighted by atomic mass is 32.2. The van der Waals surface area contributed by atoms with E-state index in [9.17, 15) is 13.5 Å². The van der Waals surface area contributed by atoms with Crippen LogP contribution in [0.2, 0.25) is 0 Å². The summed E-state index contributed by atoms with van der Waals surface area (Å²) >= 11 is 0. The van der Waals surface area contributed by atoms with Gasteiger partial charge in [-0.1, -0.05) is 0 Å². The number of aromatic hydroxyl groups is 1. The smallest absolute Gasteiger partial charge is 0.179 e. The molecular weight excluding hydrogens is 226 g/mol. The summed E-state index contributed by atoms with van der Waals surface area (Å²) in [6.45, 7) is 0.560. The molecule has 0 spiro atoms. The van der Waals surface area contributed by atoms with Crippen LogP contribution in [-0.2, 0) is 9.84 Å². The van der Waals surface area contributed by atoms with Gasteiger partial charge in [-0.3, -0.25) is 0 Å². The summed E-state index contributed by atoms with van der Waals surface area (Å²) in [7, 11) is -3.15. The molecule has 0 bridgehead atoms. The third-order valence-electron chi connectivity index (χ3n) is 2.95. The molecule has 1 aromatic rings. The third kappa shape index (κ3) is 1.92. The minimum atomic E-state index is -3.15. The van der Waals surface area contributed by atoms with Gasteiger partial charge in [-0.2, -0.15) is 0 Å². The molecule has 3 N–H and O–H groups in total. The molecule has 1 aromatic carbocycles. The normalized spacial score (nSPS) is 21.9. The average molecular weight is 241 g/mol. The van der Waals surface area contributed by atoms with E-state index in [4.69, 9.17) is 5.73 Å². The Kier molecular flexibility index (Phi) is 2.90. The maximum atomic E-state index is 11.8. The molecule has 4 nitrogen and oxygen atoms in total. The highest BCUT2D eigenvalue weighted by Crippen LogP contribution is 2.39. The molecule has 1 aliphatic heterocycles. The molecule has 1 aliphatic rings. The quantitative estimate of drug-likeness (QED) is 0.827. The Morgan fingerprint density at radius 3 is 2.88 bits per heavy atom. The van der Waals surface area contributed by atoms with E-state index in [-0.39, 0.29) is 17.4 Å². The Hall–Kier alpha value is -1.07. The van der Waals surface area contributed by atoms with E-state index in [0.29, 0.717) is 11.4 Å². The van der Waals surface area contributed by atoms with Crippen LogP contribution in [0.5, 0.6) is 5.75 Å². The highest BCUT2D eigenvalue weighted by Gasteiger charge is 2.34. The molecule has 0 saturated heterocycles. The van der Waals surface area contributed by atoms with E-state index in [0.717, 1.165) is 18.4 Å². The number of benzene rings is 1. The predicted molar refractivity (Wildman–Crippen MR) is 61.2 cm³/mol. The lowest BCUT2D eigenvalue weighted by atomic mass is 9.96. The monoisotopic (exact) mass is 241 g/mol. The fourth-order valence-electron chi connectivity index (χ4n) is 2.19. The SMILES string of the molecule is NCCCC1CS(=O)(=O)c2ccc(O)cc21. The van der Waals surface area contributed by atoms with Crippen LogP contribution in [-0.4, -0.2) is 25.8 Å². The molecule has 1 heterocycles. The van der Waals surface area contributed by atoms with E-state index in [1.165, 1.54) is 12.1 Å². The van der Waals surface area contributed by atoms with Gasteiger partial charge in [-0.15, -0.1) is 0 Å². The molecule has 2 rings (SSSR count). The van der Waals surface area contributed by atoms with Crippen LogP contribution in [0.4, 0.5) is 0 Å². The zero-order valence-electron chi connectivity index (χ0n) is 8.89. The summed E-state index contributed by atoms with van der Waals surface area (Å²) in [6, 6.07) is 4.46. The first-order valence-electron chi connectivity index (χ1n) is 5.30. The Balaban J connectivity index is 2.40. The number of fused-ring (bicyclic) bond motifs is 1. The molecule has 16 heavy (non-hydrogen) atoms. The van der Waals surface area contributed by atoms with Gasteiger partial charge in [0.15, 0.2) is 9.84 Å². The first-order valence-corrected chi connectivity index (χ1v) is 6.95. The lowest BCUT2D eigenvalue weighted by Crippen LogP contribution is -2.06. The van der Waals surface area contributed by atoms with Crippen LogP contribution < -0.4 is 5.73 Å². The van der Waals surface area contributed by atoms with E-state index in [1.54, 1.807) is 6.07 Å². The molecule has 0 amide bonds. The van der Waals surface area contributed by atoms with Gasteiger partial charge in [-0.25, -0.2) is 8.42 Å². The number of hydrogen-bond donors (Lipinski definition) is 2. The highest BCUT2D eigenvalue weighted by molar-refractivity contribution is 7.91. The molecule has 0 fully saturated rings. The third-order valence-corrected chi connectivity index (χ3v) is 4.83. The van der Waals surface area contributed by atoms with Gasteiger partial charge in [-0.05, 0) is 49.1 Å². The van der Waals surface area contributed by atoms with Crippen molar-refractivity contribution >= 4 is 9.84 Å². The first-order chi connectivity index (χ1) is 7.54. The fourth-order valence-corrected chi connectivity index (χ4v) is 4.10. The summed E-state index contributed by atoms with van der Waals surface area (Å²) in [6.07, 6.45) is 1.56. The molecule has 0 saturated carbocycles. The van der Waals surface area contributed by atoms with E-state index >= 15 is 0 Å². The summed E-state index contributed by atoms with van der Waals surface area (Å²) in [4.78, 5) is 0.368. The second kappa shape index (κ2) is 4.07. The van der Waals surface area contributed by atoms with Crippen molar-refractivity contribution in [2.45, 2.75) is 23.7 Å². The number of rotatable bonds is 3. The molecular formula is C11H15NO3S. The van der Waals surface area contributed by atoms with Crippen molar-refractivity contribution < 1.29 is 13.5 Å². The Morgan fingerprint density at radius 2 is 2.19 bits per heavy atom. The average Bonchev–Trinajstić information content (AvgIpc) is 2.47. The van der Waals surface area contributed by atoms with Gasteiger partial charge in [0.25, 0.3) is 0 Å². The van der Waals surface area contributed by atoms with Gasteiger partial charge in [0.05, 0.1) is 10.6 Å². The maximum absolute atomic E-state index is 11.8. The van der Waals surface area contributed by atoms with E-state index < -0.39 is 9.84 Å². The second-order valence-electron chi connectivity index (χ2n) is 4.13. The van der Waals surface area contributed by atoms with Crippen molar-refractivity contribution in [1.82, 2.24) is 0 Å². The van der Waals surface area contributed by atoms with Crippen LogP contribution in [0.1, 0.15) is 24.3 Å². The van der Waals surface area contributed by atoms with Crippen molar-refractivity contribution in [3.8, 4) is 5.75 Å². The van der Waals surface area contributed by atoms with Crippen LogP contribution in [0.15, 0.2) is 23.1 Å². The number of nitrogens with two attached hydrogens (primary N) is 1. The molecule has 0 aromatic heterocycles. The minimum Gasteiger partial charge on any atom is -0.508 e. The number of phenols is 1. The second-order valence-corrected chi connectivity index (χ2v) is 6.13. The molecule has 5 heteroatoms. The van der Waals surface area contributed by atoms with Crippen LogP contribution >= 0.6 is 0 Å². The van der Waals surface area contributed by atoms with Crippen LogP contribution in [0.3, 0.4) is 0 Å². The molecule has 0 radical (unpaired) electrons. The fraction of sp³-hybridized carbons (Fsp3) is 0.455. The Morgan fingerprint density at radius 1 is 1.44 bits per heavy atom. The van der Waals surface area contributed by atoms with Gasteiger partial charge in [0, 0.05) is 0 Å². The standard InChI is InChI=1S/C11H15NO3S/c12-5-1-2-8-7-16(14,15)11-4-3-9(13)6-10(8)11/h3-4,6,8,13H,1-2,5,7,12H2. The Bertz CT molecular complexity index is 496. The number of sulfone groups is 1. The van der Waals surface area contributed by atoms with Crippen molar-refractivity contribution in [1.29, 1.82) is 0 Å². The van der Waals surface area contributed by atoms with Crippen LogP contribution in [0, 0.1) is 0 Å². The topological polar surface area (TPSA) is 80.4 Å². The van der Waals surface area contributed by atoms with Gasteiger partial charge in [0.1, 0.15) is 5.75 Å². The van der Waals surface area contributed by atoms with Gasteiger partial charge < -0.3 is 10.8 Å². The van der Waals surface area contributed by atoms with Crippen molar-refractivity contribution in [2.75, 3.05) is 12.3 Å². The van der Waals surface area contributed by atoms with Crippen molar-refractivity contribution in [3.05, 3.63) is 23.8 Å². The van der Waals surface area contributed by atoms with Crippen LogP contribution in [0.25, 0.3) is 0 Å². The zero-order valence-corrected chi connectivity index (χ0v) is 9.70. The minimum absolute atomic E-state index is 0.0179. The van der Waals surface area contributed by atoms with E-state index in [1.807, 2.05) is 0 Å². The molecule has 1 atom stereocenters. The lowest BCUT2D eigenvalue weighted by Gasteiger charge is -2.08. The summed E-state index contributed by atoms with van der Waals surface area (Å²) < 4.78 is 23.6. The Labute approximate surface area is 95.0 Å². The van der Waals surface area contributed by atoms with Crippen molar-refractivity contribution in [2.24, 2.45) is 5.73 Å². The first kappa shape index (κ1) is 11.4. The zero-order chi connectivity index (χ0) is 11.8. The van der Waals surface area contributed by atoms with Gasteiger partial charge >= 0.3 is 0 Å². The molecule has 0 aliphatic carbocycles. The number of hydrogen-bond acceptors (Lipinski definition) is 4. The predicted octanol–water partition coefficient (Wildman–Crippen LogP) is 1.00. The van der Waals surface area contributed by atoms with Crippen molar-refractivity contribution in [3.63, 3.8) is 0 Å². The molecule has 88 valence electrons. The lowest BCUT2D eigenvalue weighted by molar-refractivity contribution is 0.473. The number of phenolic OH excluding ortho intramolecular Hbond substituents is 1. The summed E-state index contributed by atoms with van der Waals surface area (Å²) in [5.41, 5.74) is 6.17. The maximum Gasteiger partial charge on any atom is 0.179 e. The largest absolute Gasteiger partial charge is 0.508 e. The van der Waals surface area contributed by atoms with Gasteiger partial charge in [0.2, 0.25) is 0 Å². The molecule has 1 unspecified atom stereocenters. The summed E-state index contributed by atoms with van der Waals surface area (Å²) in [5.74, 6) is 0.246. The van der Waals surface area contributed by atoms with E-state index in [2.05, 4.69) is 0 Å². The summed E-state index contributed by atoms with van der Waals surface area (Å²) in [5, 5.41) is 9.39.